The van der Waals surface area contributed by atoms with Crippen molar-refractivity contribution in [2.24, 2.45) is 5.73 Å². The van der Waals surface area contributed by atoms with Crippen molar-refractivity contribution in [3.8, 4) is 11.5 Å². The lowest BCUT2D eigenvalue weighted by Crippen LogP contribution is -2.02. The van der Waals surface area contributed by atoms with Crippen LogP contribution in [0.5, 0.6) is 11.5 Å². The Morgan fingerprint density at radius 2 is 1.77 bits per heavy atom. The molecule has 0 radical (unpaired) electrons. The van der Waals surface area contributed by atoms with Crippen LogP contribution in [-0.4, -0.2) is 14.2 Å². The summed E-state index contributed by atoms with van der Waals surface area (Å²) in [6.07, 6.45) is 0. The molecule has 0 spiro atoms. The Kier molecular flexibility index (Phi) is 2.97. The van der Waals surface area contributed by atoms with Gasteiger partial charge >= 0.3 is 0 Å². The quantitative estimate of drug-likeness (QED) is 0.676. The number of benzene rings is 1. The first-order valence-electron chi connectivity index (χ1n) is 3.93. The van der Waals surface area contributed by atoms with Gasteiger partial charge in [-0.25, -0.2) is 0 Å². The molecule has 0 fully saturated rings. The molecule has 0 aliphatic carbocycles. The molecule has 0 heterocycles. The molecule has 4 heteroatoms. The van der Waals surface area contributed by atoms with Gasteiger partial charge in [0, 0.05) is 18.2 Å². The van der Waals surface area contributed by atoms with E-state index in [1.54, 1.807) is 26.4 Å². The van der Waals surface area contributed by atoms with Crippen LogP contribution in [0.3, 0.4) is 0 Å². The van der Waals surface area contributed by atoms with Crippen molar-refractivity contribution in [1.29, 1.82) is 0 Å². The Bertz CT molecular complexity index is 300. The highest BCUT2D eigenvalue weighted by Crippen LogP contribution is 2.30. The van der Waals surface area contributed by atoms with E-state index in [9.17, 15) is 0 Å². The van der Waals surface area contributed by atoms with Crippen molar-refractivity contribution >= 4 is 5.69 Å². The maximum Gasteiger partial charge on any atom is 0.145 e. The van der Waals surface area contributed by atoms with Crippen LogP contribution in [0, 0.1) is 0 Å². The molecule has 0 aromatic heterocycles. The molecular formula is C9H14N2O2. The second kappa shape index (κ2) is 4.00. The standard InChI is InChI=1S/C9H14N2O2/c1-12-8-4-9(13-2)7(11)3-6(8)5-10/h3-4H,5,10-11H2,1-2H3. The maximum atomic E-state index is 5.69. The van der Waals surface area contributed by atoms with E-state index in [1.807, 2.05) is 0 Å². The molecule has 4 N–H and O–H groups in total. The summed E-state index contributed by atoms with van der Waals surface area (Å²) in [4.78, 5) is 0. The van der Waals surface area contributed by atoms with Gasteiger partial charge in [-0.05, 0) is 6.07 Å². The van der Waals surface area contributed by atoms with Gasteiger partial charge < -0.3 is 20.9 Å². The summed E-state index contributed by atoms with van der Waals surface area (Å²) in [6.45, 7) is 0.400. The normalized spacial score (nSPS) is 9.77. The first-order valence-corrected chi connectivity index (χ1v) is 3.93. The fourth-order valence-electron chi connectivity index (χ4n) is 1.15. The van der Waals surface area contributed by atoms with Crippen molar-refractivity contribution in [2.75, 3.05) is 20.0 Å². The second-order valence-corrected chi connectivity index (χ2v) is 2.61. The Balaban J connectivity index is 3.18. The predicted molar refractivity (Wildman–Crippen MR) is 51.8 cm³/mol. The van der Waals surface area contributed by atoms with Gasteiger partial charge in [-0.3, -0.25) is 0 Å². The number of ether oxygens (including phenoxy) is 2. The fourth-order valence-corrected chi connectivity index (χ4v) is 1.15. The number of hydrogen-bond donors (Lipinski definition) is 2. The summed E-state index contributed by atoms with van der Waals surface area (Å²) in [5.41, 5.74) is 12.7. The van der Waals surface area contributed by atoms with Crippen molar-refractivity contribution in [3.63, 3.8) is 0 Å². The highest BCUT2D eigenvalue weighted by atomic mass is 16.5. The highest BCUT2D eigenvalue weighted by Gasteiger charge is 2.06. The number of methoxy groups -OCH3 is 2. The highest BCUT2D eigenvalue weighted by molar-refractivity contribution is 5.59. The van der Waals surface area contributed by atoms with Crippen LogP contribution in [0.2, 0.25) is 0 Å². The van der Waals surface area contributed by atoms with Crippen molar-refractivity contribution in [2.45, 2.75) is 6.54 Å². The summed E-state index contributed by atoms with van der Waals surface area (Å²) in [5, 5.41) is 0. The second-order valence-electron chi connectivity index (χ2n) is 2.61. The number of hydrogen-bond acceptors (Lipinski definition) is 4. The molecule has 0 amide bonds. The average Bonchev–Trinajstić information content (AvgIpc) is 2.17. The van der Waals surface area contributed by atoms with Crippen LogP contribution in [0.4, 0.5) is 5.69 Å². The fraction of sp³-hybridized carbons (Fsp3) is 0.333. The van der Waals surface area contributed by atoms with E-state index in [-0.39, 0.29) is 0 Å². The number of rotatable bonds is 3. The van der Waals surface area contributed by atoms with Gasteiger partial charge in [0.25, 0.3) is 0 Å². The molecular weight excluding hydrogens is 168 g/mol. The summed E-state index contributed by atoms with van der Waals surface area (Å²) < 4.78 is 10.2. The molecule has 13 heavy (non-hydrogen) atoms. The van der Waals surface area contributed by atoms with Gasteiger partial charge in [0.2, 0.25) is 0 Å². The van der Waals surface area contributed by atoms with E-state index in [1.165, 1.54) is 0 Å². The third kappa shape index (κ3) is 1.84. The van der Waals surface area contributed by atoms with Crippen LogP contribution >= 0.6 is 0 Å². The third-order valence-electron chi connectivity index (χ3n) is 1.85. The molecule has 72 valence electrons. The smallest absolute Gasteiger partial charge is 0.145 e. The van der Waals surface area contributed by atoms with E-state index in [2.05, 4.69) is 0 Å². The van der Waals surface area contributed by atoms with Gasteiger partial charge in [-0.1, -0.05) is 0 Å². The number of nitrogen functional groups attached to an aromatic ring is 1. The molecule has 0 aliphatic rings. The zero-order valence-corrected chi connectivity index (χ0v) is 7.83. The first-order chi connectivity index (χ1) is 6.22. The minimum Gasteiger partial charge on any atom is -0.496 e. The molecule has 4 nitrogen and oxygen atoms in total. The van der Waals surface area contributed by atoms with E-state index in [0.29, 0.717) is 23.7 Å². The summed E-state index contributed by atoms with van der Waals surface area (Å²) in [7, 11) is 3.15. The van der Waals surface area contributed by atoms with Crippen molar-refractivity contribution < 1.29 is 9.47 Å². The van der Waals surface area contributed by atoms with Crippen LogP contribution < -0.4 is 20.9 Å². The van der Waals surface area contributed by atoms with E-state index in [4.69, 9.17) is 20.9 Å². The van der Waals surface area contributed by atoms with Crippen LogP contribution in [0.1, 0.15) is 5.56 Å². The Morgan fingerprint density at radius 3 is 2.23 bits per heavy atom. The zero-order valence-electron chi connectivity index (χ0n) is 7.83. The Labute approximate surface area is 77.4 Å². The average molecular weight is 182 g/mol. The molecule has 1 aromatic rings. The van der Waals surface area contributed by atoms with Crippen molar-refractivity contribution in [3.05, 3.63) is 17.7 Å². The molecule has 0 aliphatic heterocycles. The molecule has 0 atom stereocenters. The SMILES string of the molecule is COc1cc(OC)c(CN)cc1N. The minimum atomic E-state index is 0.400. The maximum absolute atomic E-state index is 5.69. The first kappa shape index (κ1) is 9.67. The van der Waals surface area contributed by atoms with Gasteiger partial charge in [0.05, 0.1) is 19.9 Å². The summed E-state index contributed by atoms with van der Waals surface area (Å²) in [5.74, 6) is 1.31. The van der Waals surface area contributed by atoms with Crippen molar-refractivity contribution in [1.82, 2.24) is 0 Å². The van der Waals surface area contributed by atoms with Gasteiger partial charge in [0.15, 0.2) is 0 Å². The lowest BCUT2D eigenvalue weighted by atomic mass is 10.1. The van der Waals surface area contributed by atoms with E-state index >= 15 is 0 Å². The number of anilines is 1. The largest absolute Gasteiger partial charge is 0.496 e. The summed E-state index contributed by atoms with van der Waals surface area (Å²) >= 11 is 0. The van der Waals surface area contributed by atoms with Gasteiger partial charge in [0.1, 0.15) is 11.5 Å². The minimum absolute atomic E-state index is 0.400. The van der Waals surface area contributed by atoms with Crippen LogP contribution in [0.15, 0.2) is 12.1 Å². The Hall–Kier alpha value is -1.42. The molecule has 0 unspecified atom stereocenters. The monoisotopic (exact) mass is 182 g/mol. The Morgan fingerprint density at radius 1 is 1.15 bits per heavy atom. The van der Waals surface area contributed by atoms with E-state index < -0.39 is 0 Å². The zero-order chi connectivity index (χ0) is 9.84. The third-order valence-corrected chi connectivity index (χ3v) is 1.85. The number of nitrogens with two attached hydrogens (primary N) is 2. The molecule has 0 saturated heterocycles. The van der Waals surface area contributed by atoms with Gasteiger partial charge in [-0.2, -0.15) is 0 Å². The topological polar surface area (TPSA) is 70.5 Å². The predicted octanol–water partition coefficient (Wildman–Crippen LogP) is 0.745. The van der Waals surface area contributed by atoms with Crippen LogP contribution in [-0.2, 0) is 6.54 Å². The summed E-state index contributed by atoms with van der Waals surface area (Å²) in [6, 6.07) is 3.50. The lowest BCUT2D eigenvalue weighted by Gasteiger charge is -2.10. The van der Waals surface area contributed by atoms with Crippen LogP contribution in [0.25, 0.3) is 0 Å². The molecule has 0 bridgehead atoms. The molecule has 0 saturated carbocycles. The molecule has 1 rings (SSSR count). The lowest BCUT2D eigenvalue weighted by molar-refractivity contribution is 0.392. The van der Waals surface area contributed by atoms with Gasteiger partial charge in [-0.15, -0.1) is 0 Å². The molecule has 1 aromatic carbocycles. The van der Waals surface area contributed by atoms with E-state index in [0.717, 1.165) is 5.56 Å².